The van der Waals surface area contributed by atoms with Gasteiger partial charge < -0.3 is 25.9 Å². The second-order valence-corrected chi connectivity index (χ2v) is 7.46. The van der Waals surface area contributed by atoms with E-state index >= 15 is 0 Å². The van der Waals surface area contributed by atoms with Crippen LogP contribution in [0.2, 0.25) is 0 Å². The molecule has 0 radical (unpaired) electrons. The minimum Gasteiger partial charge on any atom is -0.618 e. The number of pyridine rings is 1. The Balaban J connectivity index is 1.47. The van der Waals surface area contributed by atoms with E-state index in [0.717, 1.165) is 18.3 Å². The number of carbonyl (C=O) groups excluding carboxylic acids is 2. The Morgan fingerprint density at radius 2 is 1.68 bits per heavy atom. The summed E-state index contributed by atoms with van der Waals surface area (Å²) in [5.74, 6) is -0.0142. The minimum atomic E-state index is -4.61. The van der Waals surface area contributed by atoms with Crippen LogP contribution in [-0.2, 0) is 6.18 Å². The number of alkyl halides is 3. The van der Waals surface area contributed by atoms with Gasteiger partial charge in [-0.15, -0.1) is 10.2 Å². The summed E-state index contributed by atoms with van der Waals surface area (Å²) in [6.07, 6.45) is -0.916. The van der Waals surface area contributed by atoms with Crippen LogP contribution in [0.15, 0.2) is 73.4 Å². The molecule has 0 saturated carbocycles. The third kappa shape index (κ3) is 5.93. The normalized spacial score (nSPS) is 11.0. The average molecular weight is 513 g/mol. The average Bonchev–Trinajstić information content (AvgIpc) is 3.40. The van der Waals surface area contributed by atoms with Gasteiger partial charge in [-0.3, -0.25) is 9.36 Å². The zero-order valence-electron chi connectivity index (χ0n) is 19.0. The molecule has 3 N–H and O–H groups in total. The van der Waals surface area contributed by atoms with E-state index in [1.165, 1.54) is 66.7 Å². The topological polar surface area (TPSA) is 137 Å². The molecule has 11 nitrogen and oxygen atoms in total. The summed E-state index contributed by atoms with van der Waals surface area (Å²) in [5.41, 5.74) is -0.660. The summed E-state index contributed by atoms with van der Waals surface area (Å²) in [5, 5.41) is 26.3. The first-order chi connectivity index (χ1) is 17.6. The minimum absolute atomic E-state index is 0.112. The summed E-state index contributed by atoms with van der Waals surface area (Å²) in [7, 11) is 1.39. The van der Waals surface area contributed by atoms with Crippen LogP contribution in [0.5, 0.6) is 11.5 Å². The molecule has 2 aromatic heterocycles. The standard InChI is InChI=1S/C23H18F3N7O4/c1-27-21(34)20-11-17(8-9-33(20)36)37-16-5-3-15(4-6-16)30-22(35)31-18-10-14(23(24,25)26)2-7-19(18)32-12-28-29-13-32/h2-13H,1H3,(H,27,34)(H2,30,31,35). The van der Waals surface area contributed by atoms with Crippen LogP contribution in [-0.4, -0.2) is 33.8 Å². The lowest BCUT2D eigenvalue weighted by atomic mass is 10.1. The Labute approximate surface area is 207 Å². The second-order valence-electron chi connectivity index (χ2n) is 7.46. The van der Waals surface area contributed by atoms with Crippen molar-refractivity contribution in [1.82, 2.24) is 20.1 Å². The lowest BCUT2D eigenvalue weighted by Gasteiger charge is -2.15. The maximum atomic E-state index is 13.2. The Bertz CT molecular complexity index is 1430. The first-order valence-electron chi connectivity index (χ1n) is 10.5. The molecule has 0 saturated heterocycles. The number of rotatable bonds is 6. The number of halogens is 3. The molecule has 2 heterocycles. The zero-order chi connectivity index (χ0) is 26.6. The van der Waals surface area contributed by atoms with Crippen LogP contribution in [0.25, 0.3) is 5.69 Å². The van der Waals surface area contributed by atoms with E-state index in [4.69, 9.17) is 4.74 Å². The van der Waals surface area contributed by atoms with Crippen molar-refractivity contribution in [3.63, 3.8) is 0 Å². The van der Waals surface area contributed by atoms with Crippen molar-refractivity contribution in [1.29, 1.82) is 0 Å². The second kappa shape index (κ2) is 10.2. The summed E-state index contributed by atoms with van der Waals surface area (Å²) < 4.78 is 47.0. The fourth-order valence-electron chi connectivity index (χ4n) is 3.21. The molecule has 0 fully saturated rings. The van der Waals surface area contributed by atoms with Gasteiger partial charge in [0.05, 0.1) is 23.0 Å². The third-order valence-corrected chi connectivity index (χ3v) is 4.97. The van der Waals surface area contributed by atoms with E-state index in [1.807, 2.05) is 0 Å². The first-order valence-corrected chi connectivity index (χ1v) is 10.5. The molecule has 4 aromatic rings. The van der Waals surface area contributed by atoms with Crippen molar-refractivity contribution >= 4 is 23.3 Å². The quantitative estimate of drug-likeness (QED) is 0.266. The molecule has 0 bridgehead atoms. The van der Waals surface area contributed by atoms with Crippen LogP contribution >= 0.6 is 0 Å². The van der Waals surface area contributed by atoms with Gasteiger partial charge >= 0.3 is 18.1 Å². The molecular formula is C23H18F3N7O4. The number of nitrogens with zero attached hydrogens (tertiary/aromatic N) is 4. The van der Waals surface area contributed by atoms with E-state index in [0.29, 0.717) is 16.2 Å². The van der Waals surface area contributed by atoms with Crippen molar-refractivity contribution in [2.24, 2.45) is 0 Å². The number of urea groups is 1. The van der Waals surface area contributed by atoms with E-state index in [9.17, 15) is 28.0 Å². The monoisotopic (exact) mass is 513 g/mol. The molecule has 190 valence electrons. The summed E-state index contributed by atoms with van der Waals surface area (Å²) in [6.45, 7) is 0. The van der Waals surface area contributed by atoms with Gasteiger partial charge in [-0.05, 0) is 42.5 Å². The molecule has 14 heteroatoms. The predicted octanol–water partition coefficient (Wildman–Crippen LogP) is 3.72. The fourth-order valence-corrected chi connectivity index (χ4v) is 3.21. The molecule has 0 aliphatic rings. The Morgan fingerprint density at radius 3 is 2.32 bits per heavy atom. The van der Waals surface area contributed by atoms with Crippen LogP contribution < -0.4 is 25.4 Å². The zero-order valence-corrected chi connectivity index (χ0v) is 19.0. The maximum absolute atomic E-state index is 13.2. The van der Waals surface area contributed by atoms with E-state index in [-0.39, 0.29) is 22.8 Å². The van der Waals surface area contributed by atoms with Crippen molar-refractivity contribution in [2.45, 2.75) is 6.18 Å². The van der Waals surface area contributed by atoms with Gasteiger partial charge in [-0.2, -0.15) is 17.9 Å². The van der Waals surface area contributed by atoms with Gasteiger partial charge in [0.1, 0.15) is 24.2 Å². The van der Waals surface area contributed by atoms with Crippen molar-refractivity contribution in [2.75, 3.05) is 17.7 Å². The molecule has 37 heavy (non-hydrogen) atoms. The van der Waals surface area contributed by atoms with Gasteiger partial charge in [0, 0.05) is 18.8 Å². The van der Waals surface area contributed by atoms with Crippen LogP contribution in [0.4, 0.5) is 29.3 Å². The lowest BCUT2D eigenvalue weighted by molar-refractivity contribution is -0.607. The highest BCUT2D eigenvalue weighted by Gasteiger charge is 2.31. The Morgan fingerprint density at radius 1 is 0.973 bits per heavy atom. The molecule has 0 unspecified atom stereocenters. The van der Waals surface area contributed by atoms with Gasteiger partial charge in [0.15, 0.2) is 6.20 Å². The maximum Gasteiger partial charge on any atom is 0.416 e. The molecular weight excluding hydrogens is 495 g/mol. The smallest absolute Gasteiger partial charge is 0.416 e. The van der Waals surface area contributed by atoms with Crippen LogP contribution in [0.1, 0.15) is 16.1 Å². The molecule has 2 aromatic carbocycles. The number of carbonyl (C=O) groups is 2. The number of benzene rings is 2. The number of amides is 3. The molecule has 0 aliphatic heterocycles. The van der Waals surface area contributed by atoms with Crippen LogP contribution in [0.3, 0.4) is 0 Å². The lowest BCUT2D eigenvalue weighted by Crippen LogP contribution is -2.37. The molecule has 0 aliphatic carbocycles. The van der Waals surface area contributed by atoms with E-state index in [2.05, 4.69) is 26.1 Å². The summed E-state index contributed by atoms with van der Waals surface area (Å²) in [4.78, 5) is 24.3. The summed E-state index contributed by atoms with van der Waals surface area (Å²) in [6, 6.07) is 10.8. The number of ether oxygens (including phenoxy) is 1. The Hall–Kier alpha value is -5.14. The number of hydrogen-bond acceptors (Lipinski definition) is 6. The fraction of sp³-hybridized carbons (Fsp3) is 0.0870. The van der Waals surface area contributed by atoms with Gasteiger partial charge in [-0.1, -0.05) is 0 Å². The van der Waals surface area contributed by atoms with Crippen molar-refractivity contribution in [3.05, 3.63) is 89.9 Å². The highest BCUT2D eigenvalue weighted by atomic mass is 19.4. The highest BCUT2D eigenvalue weighted by Crippen LogP contribution is 2.33. The Kier molecular flexibility index (Phi) is 6.90. The number of anilines is 2. The van der Waals surface area contributed by atoms with E-state index in [1.54, 1.807) is 0 Å². The first kappa shape index (κ1) is 25.0. The number of nitrogens with one attached hydrogen (secondary N) is 3. The molecule has 0 spiro atoms. The number of aromatic nitrogens is 4. The SMILES string of the molecule is CNC(=O)c1cc(Oc2ccc(NC(=O)Nc3cc(C(F)(F)F)ccc3-n3cnnc3)cc2)cc[n+]1[O-]. The molecule has 3 amide bonds. The predicted molar refractivity (Wildman–Crippen MR) is 124 cm³/mol. The highest BCUT2D eigenvalue weighted by molar-refractivity contribution is 6.01. The largest absolute Gasteiger partial charge is 0.618 e. The van der Waals surface area contributed by atoms with Crippen molar-refractivity contribution in [3.8, 4) is 17.2 Å². The van der Waals surface area contributed by atoms with Gasteiger partial charge in [-0.25, -0.2) is 4.79 Å². The van der Waals surface area contributed by atoms with Crippen LogP contribution in [0, 0.1) is 5.21 Å². The third-order valence-electron chi connectivity index (χ3n) is 4.97. The van der Waals surface area contributed by atoms with Gasteiger partial charge in [0.2, 0.25) is 0 Å². The number of hydrogen-bond donors (Lipinski definition) is 3. The van der Waals surface area contributed by atoms with Gasteiger partial charge in [0.25, 0.3) is 5.69 Å². The summed E-state index contributed by atoms with van der Waals surface area (Å²) >= 11 is 0. The molecule has 0 atom stereocenters. The molecule has 4 rings (SSSR count). The van der Waals surface area contributed by atoms with Crippen molar-refractivity contribution < 1.29 is 32.2 Å². The van der Waals surface area contributed by atoms with E-state index < -0.39 is 23.7 Å².